The summed E-state index contributed by atoms with van der Waals surface area (Å²) in [6.07, 6.45) is 22.0. The maximum atomic E-state index is 12.6. The van der Waals surface area contributed by atoms with E-state index >= 15 is 0 Å². The minimum Gasteiger partial charge on any atom is -0.339 e. The Hall–Kier alpha value is -1.02. The summed E-state index contributed by atoms with van der Waals surface area (Å²) in [5.74, 6) is 0.120. The SMILES string of the molecule is CCCCCCCCCCCCCCCCCCN(CC)C(=O)c1ccc(Cl)cc1. The lowest BCUT2D eigenvalue weighted by Gasteiger charge is -2.21. The number of benzene rings is 1. The fourth-order valence-corrected chi connectivity index (χ4v) is 4.16. The molecule has 0 N–H and O–H groups in total. The summed E-state index contributed by atoms with van der Waals surface area (Å²) < 4.78 is 0. The zero-order valence-electron chi connectivity index (χ0n) is 19.8. The van der Waals surface area contributed by atoms with E-state index in [1.165, 1.54) is 96.3 Å². The molecule has 0 saturated heterocycles. The van der Waals surface area contributed by atoms with Gasteiger partial charge in [0.25, 0.3) is 5.91 Å². The third-order valence-electron chi connectivity index (χ3n) is 6.04. The summed E-state index contributed by atoms with van der Waals surface area (Å²) in [6, 6.07) is 7.22. The van der Waals surface area contributed by atoms with Gasteiger partial charge in [-0.05, 0) is 37.6 Å². The standard InChI is InChI=1S/C27H46ClNO/c1-3-5-6-7-8-9-10-11-12-13-14-15-16-17-18-19-24-29(4-2)27(30)25-20-22-26(28)23-21-25/h20-23H,3-19,24H2,1-2H3. The molecule has 0 aliphatic rings. The lowest BCUT2D eigenvalue weighted by molar-refractivity contribution is 0.0761. The quantitative estimate of drug-likeness (QED) is 0.198. The Labute approximate surface area is 191 Å². The van der Waals surface area contributed by atoms with Gasteiger partial charge in [-0.3, -0.25) is 4.79 Å². The van der Waals surface area contributed by atoms with Crippen LogP contribution in [0.3, 0.4) is 0 Å². The second kappa shape index (κ2) is 18.7. The van der Waals surface area contributed by atoms with Crippen molar-refractivity contribution in [1.29, 1.82) is 0 Å². The van der Waals surface area contributed by atoms with Crippen LogP contribution in [0, 0.1) is 0 Å². The normalized spacial score (nSPS) is 11.0. The molecule has 1 aromatic carbocycles. The van der Waals surface area contributed by atoms with Crippen molar-refractivity contribution >= 4 is 17.5 Å². The summed E-state index contributed by atoms with van der Waals surface area (Å²) in [5.41, 5.74) is 0.734. The lowest BCUT2D eigenvalue weighted by atomic mass is 10.0. The molecule has 172 valence electrons. The summed E-state index contributed by atoms with van der Waals surface area (Å²) >= 11 is 5.92. The Bertz CT molecular complexity index is 528. The highest BCUT2D eigenvalue weighted by Gasteiger charge is 2.13. The number of carbonyl (C=O) groups is 1. The minimum absolute atomic E-state index is 0.120. The molecule has 0 radical (unpaired) electrons. The molecule has 2 nitrogen and oxygen atoms in total. The molecule has 1 rings (SSSR count). The second-order valence-corrected chi connectivity index (χ2v) is 9.13. The molecule has 0 aliphatic carbocycles. The van der Waals surface area contributed by atoms with Crippen molar-refractivity contribution in [2.75, 3.05) is 13.1 Å². The molecular weight excluding hydrogens is 390 g/mol. The molecule has 0 spiro atoms. The number of amides is 1. The van der Waals surface area contributed by atoms with Gasteiger partial charge in [0, 0.05) is 23.7 Å². The Morgan fingerprint density at radius 1 is 0.667 bits per heavy atom. The van der Waals surface area contributed by atoms with Gasteiger partial charge in [0.15, 0.2) is 0 Å². The number of unbranched alkanes of at least 4 members (excludes halogenated alkanes) is 15. The van der Waals surface area contributed by atoms with Crippen LogP contribution in [-0.2, 0) is 0 Å². The summed E-state index contributed by atoms with van der Waals surface area (Å²) in [6.45, 7) is 5.96. The number of rotatable bonds is 19. The molecule has 3 heteroatoms. The Morgan fingerprint density at radius 2 is 1.07 bits per heavy atom. The van der Waals surface area contributed by atoms with Crippen molar-refractivity contribution in [3.05, 3.63) is 34.9 Å². The molecule has 30 heavy (non-hydrogen) atoms. The molecule has 1 aromatic rings. The van der Waals surface area contributed by atoms with Crippen LogP contribution in [0.25, 0.3) is 0 Å². The van der Waals surface area contributed by atoms with Crippen LogP contribution >= 0.6 is 11.6 Å². The first-order valence-corrected chi connectivity index (χ1v) is 13.1. The summed E-state index contributed by atoms with van der Waals surface area (Å²) in [7, 11) is 0. The third-order valence-corrected chi connectivity index (χ3v) is 6.29. The van der Waals surface area contributed by atoms with E-state index in [2.05, 4.69) is 13.8 Å². The van der Waals surface area contributed by atoms with Gasteiger partial charge in [-0.1, -0.05) is 115 Å². The zero-order chi connectivity index (χ0) is 21.9. The molecule has 0 heterocycles. The average molecular weight is 436 g/mol. The van der Waals surface area contributed by atoms with Crippen molar-refractivity contribution in [1.82, 2.24) is 4.90 Å². The first-order chi connectivity index (χ1) is 14.7. The van der Waals surface area contributed by atoms with E-state index in [0.717, 1.165) is 25.1 Å². The van der Waals surface area contributed by atoms with E-state index in [0.29, 0.717) is 5.02 Å². The predicted octanol–water partition coefficient (Wildman–Crippen LogP) is 9.06. The smallest absolute Gasteiger partial charge is 0.253 e. The van der Waals surface area contributed by atoms with Crippen molar-refractivity contribution in [2.24, 2.45) is 0 Å². The predicted molar refractivity (Wildman–Crippen MR) is 133 cm³/mol. The lowest BCUT2D eigenvalue weighted by Crippen LogP contribution is -2.31. The second-order valence-electron chi connectivity index (χ2n) is 8.70. The van der Waals surface area contributed by atoms with Crippen LogP contribution in [0.2, 0.25) is 5.02 Å². The van der Waals surface area contributed by atoms with E-state index < -0.39 is 0 Å². The Kier molecular flexibility index (Phi) is 16.9. The molecule has 0 aromatic heterocycles. The third kappa shape index (κ3) is 13.3. The molecule has 0 atom stereocenters. The summed E-state index contributed by atoms with van der Waals surface area (Å²) in [5, 5.41) is 0.674. The first kappa shape index (κ1) is 27.0. The number of halogens is 1. The molecule has 0 fully saturated rings. The topological polar surface area (TPSA) is 20.3 Å². The fraction of sp³-hybridized carbons (Fsp3) is 0.741. The molecule has 1 amide bonds. The van der Waals surface area contributed by atoms with Gasteiger partial charge in [0.1, 0.15) is 0 Å². The average Bonchev–Trinajstić information content (AvgIpc) is 2.76. The van der Waals surface area contributed by atoms with Gasteiger partial charge in [-0.25, -0.2) is 0 Å². The van der Waals surface area contributed by atoms with Gasteiger partial charge < -0.3 is 4.90 Å². The van der Waals surface area contributed by atoms with Crippen molar-refractivity contribution in [2.45, 2.75) is 117 Å². The van der Waals surface area contributed by atoms with Crippen LogP contribution in [0.4, 0.5) is 0 Å². The zero-order valence-corrected chi connectivity index (χ0v) is 20.5. The van der Waals surface area contributed by atoms with Crippen LogP contribution < -0.4 is 0 Å². The minimum atomic E-state index is 0.120. The van der Waals surface area contributed by atoms with Crippen molar-refractivity contribution < 1.29 is 4.79 Å². The molecule has 0 bridgehead atoms. The van der Waals surface area contributed by atoms with Gasteiger partial charge in [-0.2, -0.15) is 0 Å². The molecule has 0 aliphatic heterocycles. The van der Waals surface area contributed by atoms with Crippen LogP contribution in [0.5, 0.6) is 0 Å². The van der Waals surface area contributed by atoms with E-state index in [4.69, 9.17) is 11.6 Å². The largest absolute Gasteiger partial charge is 0.339 e. The van der Waals surface area contributed by atoms with Gasteiger partial charge >= 0.3 is 0 Å². The monoisotopic (exact) mass is 435 g/mol. The van der Waals surface area contributed by atoms with Crippen molar-refractivity contribution in [3.63, 3.8) is 0 Å². The fourth-order valence-electron chi connectivity index (χ4n) is 4.03. The maximum absolute atomic E-state index is 12.6. The first-order valence-electron chi connectivity index (χ1n) is 12.7. The maximum Gasteiger partial charge on any atom is 0.253 e. The number of carbonyl (C=O) groups excluding carboxylic acids is 1. The molecule has 0 saturated carbocycles. The van der Waals surface area contributed by atoms with E-state index in [-0.39, 0.29) is 5.91 Å². The Morgan fingerprint density at radius 3 is 1.47 bits per heavy atom. The number of hydrogen-bond donors (Lipinski definition) is 0. The highest BCUT2D eigenvalue weighted by Crippen LogP contribution is 2.15. The summed E-state index contributed by atoms with van der Waals surface area (Å²) in [4.78, 5) is 14.5. The van der Waals surface area contributed by atoms with Gasteiger partial charge in [-0.15, -0.1) is 0 Å². The molecule has 0 unspecified atom stereocenters. The van der Waals surface area contributed by atoms with Crippen LogP contribution in [-0.4, -0.2) is 23.9 Å². The van der Waals surface area contributed by atoms with Crippen LogP contribution in [0.1, 0.15) is 127 Å². The molecular formula is C27H46ClNO. The van der Waals surface area contributed by atoms with Crippen molar-refractivity contribution in [3.8, 4) is 0 Å². The van der Waals surface area contributed by atoms with Gasteiger partial charge in [0.05, 0.1) is 0 Å². The van der Waals surface area contributed by atoms with E-state index in [1.807, 2.05) is 17.0 Å². The highest BCUT2D eigenvalue weighted by molar-refractivity contribution is 6.30. The van der Waals surface area contributed by atoms with Crippen LogP contribution in [0.15, 0.2) is 24.3 Å². The van der Waals surface area contributed by atoms with E-state index in [9.17, 15) is 4.79 Å². The van der Waals surface area contributed by atoms with E-state index in [1.54, 1.807) is 12.1 Å². The highest BCUT2D eigenvalue weighted by atomic mass is 35.5. The number of hydrogen-bond acceptors (Lipinski definition) is 1. The van der Waals surface area contributed by atoms with Gasteiger partial charge in [0.2, 0.25) is 0 Å². The Balaban J connectivity index is 1.92. The number of nitrogens with zero attached hydrogens (tertiary/aromatic N) is 1.